The molecule has 1 atom stereocenters. The average Bonchev–Trinajstić information content (AvgIpc) is 2.97. The number of carbonyl (C=O) groups is 2. The number of carbonyl (C=O) groups excluding carboxylic acids is 2. The van der Waals surface area contributed by atoms with E-state index in [1.54, 1.807) is 45.0 Å². The van der Waals surface area contributed by atoms with Crippen molar-refractivity contribution in [2.24, 2.45) is 4.99 Å². The first kappa shape index (κ1) is 29.0. The molecule has 1 heterocycles. The summed E-state index contributed by atoms with van der Waals surface area (Å²) in [6.45, 7) is 8.51. The van der Waals surface area contributed by atoms with E-state index in [1.807, 2.05) is 47.5 Å². The number of rotatable bonds is 12. The van der Waals surface area contributed by atoms with Gasteiger partial charge in [0.2, 0.25) is 0 Å². The van der Waals surface area contributed by atoms with Crippen LogP contribution in [0.2, 0.25) is 0 Å². The maximum atomic E-state index is 13.2. The van der Waals surface area contributed by atoms with Crippen molar-refractivity contribution in [1.82, 2.24) is 5.06 Å². The van der Waals surface area contributed by atoms with Crippen LogP contribution in [-0.2, 0) is 20.9 Å². The molecule has 0 spiro atoms. The number of aliphatic imine (C=N–C) groups is 1. The topological polar surface area (TPSA) is 77.4 Å². The van der Waals surface area contributed by atoms with Crippen molar-refractivity contribution in [3.05, 3.63) is 101 Å². The molecule has 0 saturated carbocycles. The Kier molecular flexibility index (Phi) is 9.72. The highest BCUT2D eigenvalue weighted by Crippen LogP contribution is 2.26. The lowest BCUT2D eigenvalue weighted by atomic mass is 10.0. The summed E-state index contributed by atoms with van der Waals surface area (Å²) in [4.78, 5) is 36.7. The Morgan fingerprint density at radius 2 is 1.73 bits per heavy atom. The van der Waals surface area contributed by atoms with Crippen molar-refractivity contribution < 1.29 is 23.9 Å². The van der Waals surface area contributed by atoms with E-state index in [-0.39, 0.29) is 18.4 Å². The number of unbranched alkanes of at least 4 members (excludes halogenated alkanes) is 1. The highest BCUT2D eigenvalue weighted by Gasteiger charge is 2.32. The van der Waals surface area contributed by atoms with Gasteiger partial charge in [-0.05, 0) is 50.5 Å². The van der Waals surface area contributed by atoms with Gasteiger partial charge in [-0.3, -0.25) is 14.6 Å². The van der Waals surface area contributed by atoms with Crippen molar-refractivity contribution in [1.29, 1.82) is 0 Å². The van der Waals surface area contributed by atoms with Gasteiger partial charge in [0, 0.05) is 17.5 Å². The van der Waals surface area contributed by atoms with E-state index in [0.29, 0.717) is 30.0 Å². The first-order valence-corrected chi connectivity index (χ1v) is 13.9. The predicted octanol–water partition coefficient (Wildman–Crippen LogP) is 6.72. The van der Waals surface area contributed by atoms with Crippen molar-refractivity contribution in [3.8, 4) is 5.75 Å². The van der Waals surface area contributed by atoms with Crippen LogP contribution in [0.3, 0.4) is 0 Å². The van der Waals surface area contributed by atoms with Gasteiger partial charge in [0.25, 0.3) is 0 Å². The summed E-state index contributed by atoms with van der Waals surface area (Å²) in [6.07, 6.45) is 2.96. The summed E-state index contributed by atoms with van der Waals surface area (Å²) >= 11 is 0. The fraction of sp³-hybridized carbons (Fsp3) is 0.364. The third-order valence-corrected chi connectivity index (χ3v) is 6.70. The Hall–Kier alpha value is -3.97. The molecule has 0 radical (unpaired) electrons. The monoisotopic (exact) mass is 542 g/mol. The van der Waals surface area contributed by atoms with Gasteiger partial charge in [-0.2, -0.15) is 0 Å². The van der Waals surface area contributed by atoms with Gasteiger partial charge in [-0.25, -0.2) is 9.86 Å². The standard InChI is InChI=1S/C33H38N2O5/c1-5-7-16-30-34-29(25-12-9-8-10-13-25)23-39-35(30)22-24-17-19-26(20-18-24)31(36)27-14-11-15-28(21-27)40-33(3,4)32(37)38-6-2/h8-15,17-21,29H,5-7,16,22-23H2,1-4H3. The molecule has 0 N–H and O–H groups in total. The van der Waals surface area contributed by atoms with Crippen molar-refractivity contribution in [3.63, 3.8) is 0 Å². The Balaban J connectivity index is 1.44. The van der Waals surface area contributed by atoms with Gasteiger partial charge >= 0.3 is 5.97 Å². The number of ether oxygens (including phenoxy) is 2. The molecule has 0 amide bonds. The molecule has 1 unspecified atom stereocenters. The third kappa shape index (κ3) is 7.36. The first-order valence-electron chi connectivity index (χ1n) is 13.9. The van der Waals surface area contributed by atoms with Crippen LogP contribution in [-0.4, -0.2) is 41.5 Å². The normalized spacial score (nSPS) is 15.3. The highest BCUT2D eigenvalue weighted by atomic mass is 16.7. The SMILES string of the molecule is CCCCC1=NC(c2ccccc2)CON1Cc1ccc(C(=O)c2cccc(OC(C)(C)C(=O)OCC)c2)cc1. The average molecular weight is 543 g/mol. The van der Waals surface area contributed by atoms with E-state index in [4.69, 9.17) is 19.3 Å². The molecule has 210 valence electrons. The van der Waals surface area contributed by atoms with Crippen LogP contribution >= 0.6 is 0 Å². The Labute approximate surface area is 236 Å². The van der Waals surface area contributed by atoms with Crippen LogP contribution in [0.5, 0.6) is 5.75 Å². The van der Waals surface area contributed by atoms with Crippen LogP contribution in [0, 0.1) is 0 Å². The van der Waals surface area contributed by atoms with Crippen LogP contribution in [0.25, 0.3) is 0 Å². The van der Waals surface area contributed by atoms with E-state index in [9.17, 15) is 9.59 Å². The van der Waals surface area contributed by atoms with E-state index in [2.05, 4.69) is 19.1 Å². The number of amidine groups is 1. The number of ketones is 1. The number of esters is 1. The van der Waals surface area contributed by atoms with E-state index in [0.717, 1.165) is 36.2 Å². The van der Waals surface area contributed by atoms with Crippen LogP contribution in [0.4, 0.5) is 0 Å². The van der Waals surface area contributed by atoms with Gasteiger partial charge in [-0.1, -0.05) is 80.1 Å². The molecular formula is C33H38N2O5. The fourth-order valence-electron chi connectivity index (χ4n) is 4.46. The second-order valence-corrected chi connectivity index (χ2v) is 10.3. The van der Waals surface area contributed by atoms with Crippen molar-refractivity contribution in [2.45, 2.75) is 65.1 Å². The minimum Gasteiger partial charge on any atom is -0.476 e. The second-order valence-electron chi connectivity index (χ2n) is 10.3. The zero-order valence-electron chi connectivity index (χ0n) is 23.8. The maximum Gasteiger partial charge on any atom is 0.349 e. The Morgan fingerprint density at radius 1 is 0.975 bits per heavy atom. The number of benzene rings is 3. The largest absolute Gasteiger partial charge is 0.476 e. The summed E-state index contributed by atoms with van der Waals surface area (Å²) in [7, 11) is 0. The molecule has 0 saturated heterocycles. The highest BCUT2D eigenvalue weighted by molar-refractivity contribution is 6.09. The third-order valence-electron chi connectivity index (χ3n) is 6.70. The zero-order valence-corrected chi connectivity index (χ0v) is 23.8. The van der Waals surface area contributed by atoms with Gasteiger partial charge in [-0.15, -0.1) is 0 Å². The molecule has 1 aliphatic heterocycles. The summed E-state index contributed by atoms with van der Waals surface area (Å²) < 4.78 is 11.0. The molecule has 0 fully saturated rings. The van der Waals surface area contributed by atoms with Crippen LogP contribution in [0.1, 0.15) is 80.0 Å². The Morgan fingerprint density at radius 3 is 2.42 bits per heavy atom. The quantitative estimate of drug-likeness (QED) is 0.187. The Bertz CT molecular complexity index is 1320. The minimum atomic E-state index is -1.17. The number of hydroxylamine groups is 2. The second kappa shape index (κ2) is 13.4. The smallest absolute Gasteiger partial charge is 0.349 e. The first-order chi connectivity index (χ1) is 19.3. The predicted molar refractivity (Wildman–Crippen MR) is 155 cm³/mol. The molecule has 1 aliphatic rings. The van der Waals surface area contributed by atoms with Crippen molar-refractivity contribution in [2.75, 3.05) is 13.2 Å². The summed E-state index contributed by atoms with van der Waals surface area (Å²) in [6, 6.07) is 24.6. The summed E-state index contributed by atoms with van der Waals surface area (Å²) in [5.41, 5.74) is 2.04. The van der Waals surface area contributed by atoms with Gasteiger partial charge in [0.15, 0.2) is 11.4 Å². The molecule has 0 aromatic heterocycles. The number of nitrogens with zero attached hydrogens (tertiary/aromatic N) is 2. The molecule has 0 aliphatic carbocycles. The van der Waals surface area contributed by atoms with Gasteiger partial charge in [0.05, 0.1) is 13.2 Å². The minimum absolute atomic E-state index is 0.00749. The molecule has 7 nitrogen and oxygen atoms in total. The number of hydrogen-bond acceptors (Lipinski definition) is 7. The van der Waals surface area contributed by atoms with Crippen LogP contribution in [0.15, 0.2) is 83.9 Å². The number of hydrogen-bond donors (Lipinski definition) is 0. The zero-order chi connectivity index (χ0) is 28.5. The molecule has 3 aromatic carbocycles. The van der Waals surface area contributed by atoms with E-state index < -0.39 is 11.6 Å². The van der Waals surface area contributed by atoms with Gasteiger partial charge < -0.3 is 9.47 Å². The van der Waals surface area contributed by atoms with E-state index >= 15 is 0 Å². The lowest BCUT2D eigenvalue weighted by Gasteiger charge is -2.32. The molecule has 7 heteroatoms. The van der Waals surface area contributed by atoms with E-state index in [1.165, 1.54) is 0 Å². The summed E-state index contributed by atoms with van der Waals surface area (Å²) in [5.74, 6) is 0.787. The molecule has 4 rings (SSSR count). The molecule has 40 heavy (non-hydrogen) atoms. The fourth-order valence-corrected chi connectivity index (χ4v) is 4.46. The maximum absolute atomic E-state index is 13.2. The van der Waals surface area contributed by atoms with Crippen LogP contribution < -0.4 is 4.74 Å². The molecular weight excluding hydrogens is 504 g/mol. The lowest BCUT2D eigenvalue weighted by molar-refractivity contribution is -0.158. The summed E-state index contributed by atoms with van der Waals surface area (Å²) in [5, 5.41) is 1.89. The lowest BCUT2D eigenvalue weighted by Crippen LogP contribution is -2.39. The molecule has 0 bridgehead atoms. The van der Waals surface area contributed by atoms with Crippen molar-refractivity contribution >= 4 is 17.6 Å². The molecule has 3 aromatic rings. The van der Waals surface area contributed by atoms with Gasteiger partial charge in [0.1, 0.15) is 24.2 Å².